The lowest BCUT2D eigenvalue weighted by Crippen LogP contribution is -2.10. The van der Waals surface area contributed by atoms with E-state index in [0.29, 0.717) is 0 Å². The molecule has 2 heteroatoms. The maximum atomic E-state index is 2.38. The van der Waals surface area contributed by atoms with E-state index in [4.69, 9.17) is 0 Å². The third-order valence-electron chi connectivity index (χ3n) is 11.9. The highest BCUT2D eigenvalue weighted by molar-refractivity contribution is 6.01. The molecule has 0 aromatic heterocycles. The van der Waals surface area contributed by atoms with Gasteiger partial charge in [0.05, 0.1) is 11.4 Å². The Balaban J connectivity index is 1.04. The van der Waals surface area contributed by atoms with E-state index >= 15 is 0 Å². The summed E-state index contributed by atoms with van der Waals surface area (Å²) in [4.78, 5) is 4.75. The van der Waals surface area contributed by atoms with Gasteiger partial charge in [0.25, 0.3) is 0 Å². The summed E-state index contributed by atoms with van der Waals surface area (Å²) in [6.07, 6.45) is 0.906. The van der Waals surface area contributed by atoms with Crippen LogP contribution in [0.15, 0.2) is 231 Å². The Hall–Kier alpha value is -7.68. The number of para-hydroxylation sites is 2. The lowest BCUT2D eigenvalue weighted by molar-refractivity contribution is 1.26. The summed E-state index contributed by atoms with van der Waals surface area (Å²) >= 11 is 0. The van der Waals surface area contributed by atoms with E-state index in [1.807, 2.05) is 0 Å². The highest BCUT2D eigenvalue weighted by Gasteiger charge is 2.25. The second-order valence-corrected chi connectivity index (χ2v) is 15.3. The number of hydrogen-bond acceptors (Lipinski definition) is 2. The Morgan fingerprint density at radius 3 is 1.31 bits per heavy atom. The molecule has 0 N–H and O–H groups in total. The Bertz CT molecular complexity index is 3100. The van der Waals surface area contributed by atoms with Gasteiger partial charge in [0.15, 0.2) is 0 Å². The average molecular weight is 753 g/mol. The van der Waals surface area contributed by atoms with E-state index in [1.54, 1.807) is 0 Å². The molecule has 0 spiro atoms. The molecule has 0 amide bonds. The van der Waals surface area contributed by atoms with E-state index in [-0.39, 0.29) is 0 Å². The van der Waals surface area contributed by atoms with Crippen LogP contribution in [0.3, 0.4) is 0 Å². The number of hydrogen-bond donors (Lipinski definition) is 0. The van der Waals surface area contributed by atoms with Gasteiger partial charge < -0.3 is 9.80 Å². The van der Waals surface area contributed by atoms with Crippen LogP contribution in [0.25, 0.3) is 54.9 Å². The molecule has 2 nitrogen and oxygen atoms in total. The monoisotopic (exact) mass is 752 g/mol. The Labute approximate surface area is 345 Å². The van der Waals surface area contributed by atoms with Crippen LogP contribution in [0.1, 0.15) is 11.1 Å². The third-order valence-corrected chi connectivity index (χ3v) is 11.9. The first-order valence-corrected chi connectivity index (χ1v) is 20.4. The van der Waals surface area contributed by atoms with Crippen molar-refractivity contribution in [3.05, 3.63) is 242 Å². The lowest BCUT2D eigenvalue weighted by atomic mass is 9.87. The van der Waals surface area contributed by atoms with Crippen LogP contribution in [0.5, 0.6) is 0 Å². The first kappa shape index (κ1) is 34.6. The van der Waals surface area contributed by atoms with E-state index in [1.165, 1.54) is 66.1 Å². The van der Waals surface area contributed by atoms with Gasteiger partial charge in [-0.25, -0.2) is 0 Å². The third kappa shape index (κ3) is 6.14. The number of nitrogens with zero attached hydrogens (tertiary/aromatic N) is 2. The first-order chi connectivity index (χ1) is 29.3. The highest BCUT2D eigenvalue weighted by atomic mass is 15.1. The van der Waals surface area contributed by atoms with Crippen LogP contribution >= 0.6 is 0 Å². The SMILES string of the molecule is c1ccc(N(c2ccc(-c3ccc4c(c3-c3ccc(N(c5ccccc5)c5cccc6ccccc56)cc3)Cc3ccccc3-4)cc2)c2cccc3ccccc23)cc1. The van der Waals surface area contributed by atoms with E-state index < -0.39 is 0 Å². The quantitative estimate of drug-likeness (QED) is 0.152. The molecule has 0 atom stereocenters. The normalized spacial score (nSPS) is 11.7. The maximum absolute atomic E-state index is 2.38. The fourth-order valence-electron chi connectivity index (χ4n) is 9.16. The zero-order valence-corrected chi connectivity index (χ0v) is 32.5. The number of benzene rings is 10. The molecular formula is C57H40N2. The fourth-order valence-corrected chi connectivity index (χ4v) is 9.16. The largest absolute Gasteiger partial charge is 0.310 e. The van der Waals surface area contributed by atoms with Crippen LogP contribution in [-0.4, -0.2) is 0 Å². The first-order valence-electron chi connectivity index (χ1n) is 20.4. The van der Waals surface area contributed by atoms with Crippen molar-refractivity contribution in [1.29, 1.82) is 0 Å². The van der Waals surface area contributed by atoms with Crippen LogP contribution in [-0.2, 0) is 6.42 Å². The predicted octanol–water partition coefficient (Wildman–Crippen LogP) is 15.8. The van der Waals surface area contributed by atoms with E-state index in [2.05, 4.69) is 240 Å². The summed E-state index contributed by atoms with van der Waals surface area (Å²) in [7, 11) is 0. The molecule has 0 fully saturated rings. The summed E-state index contributed by atoms with van der Waals surface area (Å²) in [5, 5.41) is 4.89. The summed E-state index contributed by atoms with van der Waals surface area (Å²) in [5.74, 6) is 0. The smallest absolute Gasteiger partial charge is 0.0540 e. The van der Waals surface area contributed by atoms with Crippen LogP contribution in [0, 0.1) is 0 Å². The Kier molecular flexibility index (Phi) is 8.60. The number of anilines is 6. The summed E-state index contributed by atoms with van der Waals surface area (Å²) in [6.45, 7) is 0. The molecule has 0 radical (unpaired) electrons. The second kappa shape index (κ2) is 14.7. The van der Waals surface area contributed by atoms with Gasteiger partial charge in [-0.2, -0.15) is 0 Å². The van der Waals surface area contributed by atoms with Gasteiger partial charge >= 0.3 is 0 Å². The molecule has 1 aliphatic rings. The molecule has 10 aromatic carbocycles. The van der Waals surface area contributed by atoms with Gasteiger partial charge in [-0.05, 0) is 122 Å². The molecule has 59 heavy (non-hydrogen) atoms. The molecule has 1 aliphatic carbocycles. The summed E-state index contributed by atoms with van der Waals surface area (Å²) < 4.78 is 0. The molecule has 0 heterocycles. The van der Waals surface area contributed by atoms with Crippen molar-refractivity contribution in [3.63, 3.8) is 0 Å². The van der Waals surface area contributed by atoms with Crippen LogP contribution < -0.4 is 9.80 Å². The number of fused-ring (bicyclic) bond motifs is 5. The molecule has 0 saturated carbocycles. The highest BCUT2D eigenvalue weighted by Crippen LogP contribution is 2.48. The van der Waals surface area contributed by atoms with E-state index in [9.17, 15) is 0 Å². The van der Waals surface area contributed by atoms with Crippen molar-refractivity contribution in [2.45, 2.75) is 6.42 Å². The molecule has 0 aliphatic heterocycles. The van der Waals surface area contributed by atoms with Gasteiger partial charge in [0.2, 0.25) is 0 Å². The standard InChI is InChI=1S/C57H40N2/c1-3-20-45(21-4-1)58(55-27-13-18-40-15-7-11-25-50(40)55)47-33-29-42(30-34-47)52-37-38-53-49-24-10-9-17-44(49)39-54(53)57(52)43-31-35-48(36-32-43)59(46-22-5-2-6-23-46)56-28-14-19-41-16-8-12-26-51(41)56/h1-38H,39H2. The minimum atomic E-state index is 0.906. The Morgan fingerprint density at radius 2 is 0.729 bits per heavy atom. The number of rotatable bonds is 8. The molecule has 0 bridgehead atoms. The van der Waals surface area contributed by atoms with Crippen LogP contribution in [0.4, 0.5) is 34.1 Å². The molecule has 0 saturated heterocycles. The molecule has 10 aromatic rings. The maximum Gasteiger partial charge on any atom is 0.0540 e. The van der Waals surface area contributed by atoms with Crippen molar-refractivity contribution in [2.24, 2.45) is 0 Å². The van der Waals surface area contributed by atoms with Crippen molar-refractivity contribution in [1.82, 2.24) is 0 Å². The fraction of sp³-hybridized carbons (Fsp3) is 0.0175. The topological polar surface area (TPSA) is 6.48 Å². The molecular weight excluding hydrogens is 713 g/mol. The average Bonchev–Trinajstić information content (AvgIpc) is 3.69. The second-order valence-electron chi connectivity index (χ2n) is 15.3. The molecule has 11 rings (SSSR count). The van der Waals surface area contributed by atoms with Crippen molar-refractivity contribution in [3.8, 4) is 33.4 Å². The minimum absolute atomic E-state index is 0.906. The van der Waals surface area contributed by atoms with Gasteiger partial charge in [-0.1, -0.05) is 170 Å². The van der Waals surface area contributed by atoms with Crippen molar-refractivity contribution < 1.29 is 0 Å². The minimum Gasteiger partial charge on any atom is -0.310 e. The summed E-state index contributed by atoms with van der Waals surface area (Å²) in [5.41, 5.74) is 17.2. The van der Waals surface area contributed by atoms with Crippen LogP contribution in [0.2, 0.25) is 0 Å². The molecule has 0 unspecified atom stereocenters. The zero-order valence-electron chi connectivity index (χ0n) is 32.5. The summed E-state index contributed by atoms with van der Waals surface area (Å²) in [6, 6.07) is 83.8. The predicted molar refractivity (Wildman–Crippen MR) is 250 cm³/mol. The van der Waals surface area contributed by atoms with Gasteiger partial charge in [0, 0.05) is 33.5 Å². The zero-order chi connectivity index (χ0) is 39.1. The van der Waals surface area contributed by atoms with Crippen molar-refractivity contribution >= 4 is 55.7 Å². The van der Waals surface area contributed by atoms with E-state index in [0.717, 1.165) is 40.5 Å². The molecule has 278 valence electrons. The van der Waals surface area contributed by atoms with Gasteiger partial charge in [-0.15, -0.1) is 0 Å². The Morgan fingerprint density at radius 1 is 0.288 bits per heavy atom. The van der Waals surface area contributed by atoms with Gasteiger partial charge in [-0.3, -0.25) is 0 Å². The lowest BCUT2D eigenvalue weighted by Gasteiger charge is -2.27. The van der Waals surface area contributed by atoms with Crippen molar-refractivity contribution in [2.75, 3.05) is 9.80 Å². The van der Waals surface area contributed by atoms with Gasteiger partial charge in [0.1, 0.15) is 0 Å².